The van der Waals surface area contributed by atoms with Crippen LogP contribution in [0.15, 0.2) is 182 Å². The van der Waals surface area contributed by atoms with Crippen LogP contribution in [0.4, 0.5) is 34.1 Å². The van der Waals surface area contributed by atoms with Gasteiger partial charge in [-0.25, -0.2) is 0 Å². The Kier molecular flexibility index (Phi) is 8.39. The van der Waals surface area contributed by atoms with Gasteiger partial charge in [0.15, 0.2) is 0 Å². The Hall–Kier alpha value is -7.82. The van der Waals surface area contributed by atoms with Gasteiger partial charge in [-0.3, -0.25) is 0 Å². The molecule has 0 saturated heterocycles. The van der Waals surface area contributed by atoms with Gasteiger partial charge in [0.2, 0.25) is 0 Å². The summed E-state index contributed by atoms with van der Waals surface area (Å²) in [4.78, 5) is 4.93. The quantitative estimate of drug-likeness (QED) is 0.151. The van der Waals surface area contributed by atoms with Crippen LogP contribution in [0.3, 0.4) is 0 Å². The molecule has 0 amide bonds. The Labute approximate surface area is 384 Å². The molecule has 0 N–H and O–H groups in total. The number of aromatic nitrogens is 2. The summed E-state index contributed by atoms with van der Waals surface area (Å²) in [5.41, 5.74) is 20.0. The van der Waals surface area contributed by atoms with Gasteiger partial charge < -0.3 is 18.6 Å². The van der Waals surface area contributed by atoms with E-state index in [0.717, 1.165) is 22.7 Å². The summed E-state index contributed by atoms with van der Waals surface area (Å²) in [6.07, 6.45) is 0. The average Bonchev–Trinajstić information content (AvgIpc) is 4.06. The van der Waals surface area contributed by atoms with Gasteiger partial charge in [0, 0.05) is 65.8 Å². The fourth-order valence-electron chi connectivity index (χ4n) is 11.8. The van der Waals surface area contributed by atoms with Crippen molar-refractivity contribution in [1.29, 1.82) is 0 Å². The molecule has 66 heavy (non-hydrogen) atoms. The molecule has 4 heterocycles. The van der Waals surface area contributed by atoms with Gasteiger partial charge in [-0.15, -0.1) is 0 Å². The number of benzene rings is 9. The first-order valence-electron chi connectivity index (χ1n) is 23.5. The van der Waals surface area contributed by atoms with Crippen LogP contribution in [0.2, 0.25) is 0 Å². The molecule has 4 heteroatoms. The molecular weight excluding hydrogens is 801 g/mol. The molecule has 0 unspecified atom stereocenters. The number of rotatable bonds is 8. The van der Waals surface area contributed by atoms with E-state index in [9.17, 15) is 0 Å². The molecule has 13 aromatic rings. The van der Waals surface area contributed by atoms with Crippen LogP contribution in [0.5, 0.6) is 0 Å². The van der Waals surface area contributed by atoms with Crippen molar-refractivity contribution >= 4 is 110 Å². The second-order valence-corrected chi connectivity index (χ2v) is 19.0. The van der Waals surface area contributed by atoms with Crippen molar-refractivity contribution < 1.29 is 0 Å². The van der Waals surface area contributed by atoms with Gasteiger partial charge in [-0.2, -0.15) is 0 Å². The van der Waals surface area contributed by atoms with Gasteiger partial charge in [0.1, 0.15) is 0 Å². The van der Waals surface area contributed by atoms with Crippen LogP contribution in [0, 0.1) is 13.8 Å². The lowest BCUT2D eigenvalue weighted by molar-refractivity contribution is 0.869. The van der Waals surface area contributed by atoms with E-state index >= 15 is 0 Å². The molecule has 0 aliphatic carbocycles. The first-order valence-corrected chi connectivity index (χ1v) is 23.5. The number of nitrogens with zero attached hydrogens (tertiary/aromatic N) is 4. The van der Waals surface area contributed by atoms with Crippen molar-refractivity contribution in [3.8, 4) is 0 Å². The summed E-state index contributed by atoms with van der Waals surface area (Å²) in [7, 11) is 0. The highest BCUT2D eigenvalue weighted by molar-refractivity contribution is 6.34. The number of aryl methyl sites for hydroxylation is 2. The fourth-order valence-corrected chi connectivity index (χ4v) is 11.8. The summed E-state index contributed by atoms with van der Waals surface area (Å²) in [6.45, 7) is 14.0. The zero-order valence-corrected chi connectivity index (χ0v) is 38.3. The fraction of sp³-hybridized carbons (Fsp3) is 0.129. The van der Waals surface area contributed by atoms with E-state index in [-0.39, 0.29) is 11.8 Å². The topological polar surface area (TPSA) is 15.3 Å². The number of anilines is 6. The Morgan fingerprint density at radius 1 is 0.333 bits per heavy atom. The molecule has 0 saturated carbocycles. The van der Waals surface area contributed by atoms with E-state index in [4.69, 9.17) is 0 Å². The highest BCUT2D eigenvalue weighted by atomic mass is 15.2. The summed E-state index contributed by atoms with van der Waals surface area (Å²) in [6, 6.07) is 67.5. The number of fused-ring (bicyclic) bond motifs is 12. The zero-order valence-electron chi connectivity index (χ0n) is 38.3. The number of hydrogen-bond donors (Lipinski definition) is 0. The smallest absolute Gasteiger partial charge is 0.0641 e. The van der Waals surface area contributed by atoms with Crippen LogP contribution in [-0.2, 0) is 0 Å². The molecule has 4 nitrogen and oxygen atoms in total. The van der Waals surface area contributed by atoms with Gasteiger partial charge in [-0.05, 0) is 121 Å². The monoisotopic (exact) mass is 850 g/mol. The van der Waals surface area contributed by atoms with Crippen LogP contribution in [-0.4, -0.2) is 8.80 Å². The minimum absolute atomic E-state index is 0.227. The lowest BCUT2D eigenvalue weighted by Gasteiger charge is -2.27. The highest BCUT2D eigenvalue weighted by Crippen LogP contribution is 2.55. The molecule has 9 aromatic carbocycles. The summed E-state index contributed by atoms with van der Waals surface area (Å²) in [5.74, 6) is 0.455. The van der Waals surface area contributed by atoms with E-state index in [1.165, 1.54) is 110 Å². The van der Waals surface area contributed by atoms with E-state index < -0.39 is 0 Å². The third-order valence-electron chi connectivity index (χ3n) is 14.3. The summed E-state index contributed by atoms with van der Waals surface area (Å²) >= 11 is 0. The minimum atomic E-state index is 0.227. The predicted molar refractivity (Wildman–Crippen MR) is 283 cm³/mol. The van der Waals surface area contributed by atoms with Gasteiger partial charge >= 0.3 is 0 Å². The first kappa shape index (κ1) is 38.6. The second-order valence-electron chi connectivity index (χ2n) is 19.0. The van der Waals surface area contributed by atoms with Crippen molar-refractivity contribution in [1.82, 2.24) is 8.80 Å². The molecule has 0 fully saturated rings. The zero-order chi connectivity index (χ0) is 44.5. The van der Waals surface area contributed by atoms with E-state index in [1.54, 1.807) is 0 Å². The molecule has 0 bridgehead atoms. The standard InChI is InChI=1S/C62H50N4/c1-37(2)53-57-47-31-33-51(63(41-21-9-7-10-22-41)43-25-17-19-39(5)35-43)55-46-28-14-16-30-50(46)66(59(47)55)62(57)54(38(3)4)58-48-32-34-52(56-45-27-13-15-29-49(45)65(60(48)56)61(53)58)64(42-23-11-8-12-24-42)44-26-18-20-40(6)36-44/h7-38H,1-6H3. The Morgan fingerprint density at radius 3 is 1.11 bits per heavy atom. The third kappa shape index (κ3) is 5.27. The van der Waals surface area contributed by atoms with Crippen LogP contribution in [0.1, 0.15) is 61.8 Å². The first-order chi connectivity index (χ1) is 32.3. The molecule has 0 radical (unpaired) electrons. The number of para-hydroxylation sites is 4. The Bertz CT molecular complexity index is 3760. The maximum absolute atomic E-state index is 2.66. The summed E-state index contributed by atoms with van der Waals surface area (Å²) < 4.78 is 5.32. The molecule has 0 aliphatic rings. The average molecular weight is 851 g/mol. The van der Waals surface area contributed by atoms with Crippen molar-refractivity contribution in [3.63, 3.8) is 0 Å². The van der Waals surface area contributed by atoms with Crippen molar-refractivity contribution in [2.24, 2.45) is 0 Å². The maximum atomic E-state index is 2.66. The maximum Gasteiger partial charge on any atom is 0.0641 e. The molecule has 318 valence electrons. The molecule has 4 aromatic heterocycles. The van der Waals surface area contributed by atoms with E-state index in [2.05, 4.69) is 242 Å². The molecule has 0 aliphatic heterocycles. The van der Waals surface area contributed by atoms with Crippen molar-refractivity contribution in [2.75, 3.05) is 9.80 Å². The van der Waals surface area contributed by atoms with Crippen molar-refractivity contribution in [3.05, 3.63) is 204 Å². The SMILES string of the molecule is Cc1cccc(N(c2ccccc2)c2ccc3c4c(C(C)C)c5c(c(C(C)C)c4n4c6ccccc6c2c34)c2ccc(N(c3ccccc3)c3cccc(C)c3)c3c4ccccc4n5c23)c1. The van der Waals surface area contributed by atoms with E-state index in [0.29, 0.717) is 0 Å². The van der Waals surface area contributed by atoms with Gasteiger partial charge in [0.05, 0.1) is 44.5 Å². The van der Waals surface area contributed by atoms with Crippen LogP contribution < -0.4 is 9.80 Å². The van der Waals surface area contributed by atoms with Gasteiger partial charge in [-0.1, -0.05) is 137 Å². The number of hydrogen-bond acceptors (Lipinski definition) is 2. The van der Waals surface area contributed by atoms with Crippen molar-refractivity contribution in [2.45, 2.75) is 53.4 Å². The highest BCUT2D eigenvalue weighted by Gasteiger charge is 2.33. The second kappa shape index (κ2) is 14.3. The molecule has 0 atom stereocenters. The molecular formula is C62H50N4. The predicted octanol–water partition coefficient (Wildman–Crippen LogP) is 17.8. The van der Waals surface area contributed by atoms with Crippen LogP contribution >= 0.6 is 0 Å². The molecule has 13 rings (SSSR count). The Balaban J connectivity index is 1.22. The normalized spacial score (nSPS) is 12.4. The largest absolute Gasteiger partial charge is 0.310 e. The van der Waals surface area contributed by atoms with Crippen LogP contribution in [0.25, 0.3) is 76.2 Å². The third-order valence-corrected chi connectivity index (χ3v) is 14.3. The lowest BCUT2D eigenvalue weighted by atomic mass is 9.87. The Morgan fingerprint density at radius 2 is 0.712 bits per heavy atom. The van der Waals surface area contributed by atoms with Gasteiger partial charge in [0.25, 0.3) is 0 Å². The minimum Gasteiger partial charge on any atom is -0.310 e. The van der Waals surface area contributed by atoms with E-state index in [1.807, 2.05) is 0 Å². The lowest BCUT2D eigenvalue weighted by Crippen LogP contribution is -2.10. The summed E-state index contributed by atoms with van der Waals surface area (Å²) in [5, 5.41) is 10.5. The molecule has 0 spiro atoms.